The fourth-order valence-electron chi connectivity index (χ4n) is 2.28. The van der Waals surface area contributed by atoms with Crippen LogP contribution in [0.25, 0.3) is 0 Å². The first-order chi connectivity index (χ1) is 11.9. The predicted molar refractivity (Wildman–Crippen MR) is 98.8 cm³/mol. The molecule has 25 heavy (non-hydrogen) atoms. The molecule has 6 heteroatoms. The van der Waals surface area contributed by atoms with E-state index in [2.05, 4.69) is 18.6 Å². The van der Waals surface area contributed by atoms with Crippen molar-refractivity contribution < 1.29 is 17.9 Å². The van der Waals surface area contributed by atoms with Crippen LogP contribution in [0.1, 0.15) is 32.3 Å². The lowest BCUT2D eigenvalue weighted by Crippen LogP contribution is -2.28. The molecule has 0 spiro atoms. The summed E-state index contributed by atoms with van der Waals surface area (Å²) < 4.78 is 38.1. The smallest absolute Gasteiger partial charge is 0.240 e. The van der Waals surface area contributed by atoms with Crippen LogP contribution in [0.5, 0.6) is 11.5 Å². The SMILES string of the molecule is CCOc1cccc(OCCNS(=O)(=O)c2ccc(C(C)C)cc2)c1. The summed E-state index contributed by atoms with van der Waals surface area (Å²) >= 11 is 0. The van der Waals surface area contributed by atoms with Gasteiger partial charge in [-0.25, -0.2) is 13.1 Å². The van der Waals surface area contributed by atoms with Crippen LogP contribution in [0, 0.1) is 0 Å². The highest BCUT2D eigenvalue weighted by atomic mass is 32.2. The van der Waals surface area contributed by atoms with Gasteiger partial charge in [0, 0.05) is 12.6 Å². The zero-order valence-electron chi connectivity index (χ0n) is 14.9. The van der Waals surface area contributed by atoms with E-state index in [1.807, 2.05) is 37.3 Å². The van der Waals surface area contributed by atoms with Crippen LogP contribution in [-0.2, 0) is 10.0 Å². The lowest BCUT2D eigenvalue weighted by atomic mass is 10.0. The van der Waals surface area contributed by atoms with Crippen molar-refractivity contribution in [2.45, 2.75) is 31.6 Å². The molecule has 0 aliphatic carbocycles. The Kier molecular flexibility index (Phi) is 6.84. The predicted octanol–water partition coefficient (Wildman–Crippen LogP) is 3.57. The van der Waals surface area contributed by atoms with E-state index >= 15 is 0 Å². The second kappa shape index (κ2) is 8.87. The Morgan fingerprint density at radius 1 is 1.00 bits per heavy atom. The van der Waals surface area contributed by atoms with Crippen molar-refractivity contribution >= 4 is 10.0 Å². The van der Waals surface area contributed by atoms with Crippen molar-refractivity contribution in [2.24, 2.45) is 0 Å². The lowest BCUT2D eigenvalue weighted by Gasteiger charge is -2.11. The summed E-state index contributed by atoms with van der Waals surface area (Å²) in [6, 6.07) is 14.2. The minimum atomic E-state index is -3.53. The Hall–Kier alpha value is -2.05. The van der Waals surface area contributed by atoms with Gasteiger partial charge < -0.3 is 9.47 Å². The van der Waals surface area contributed by atoms with Crippen LogP contribution in [-0.4, -0.2) is 28.2 Å². The zero-order valence-corrected chi connectivity index (χ0v) is 15.7. The Balaban J connectivity index is 1.87. The van der Waals surface area contributed by atoms with Gasteiger partial charge in [-0.1, -0.05) is 32.0 Å². The first kappa shape index (κ1) is 19.3. The molecule has 1 N–H and O–H groups in total. The lowest BCUT2D eigenvalue weighted by molar-refractivity contribution is 0.313. The first-order valence-electron chi connectivity index (χ1n) is 8.37. The molecule has 0 atom stereocenters. The van der Waals surface area contributed by atoms with Crippen molar-refractivity contribution in [1.82, 2.24) is 4.72 Å². The number of hydrogen-bond donors (Lipinski definition) is 1. The molecule has 2 aromatic carbocycles. The molecule has 0 saturated carbocycles. The van der Waals surface area contributed by atoms with Gasteiger partial charge in [0.1, 0.15) is 18.1 Å². The zero-order chi connectivity index (χ0) is 18.3. The Bertz CT molecular complexity index is 770. The van der Waals surface area contributed by atoms with Crippen molar-refractivity contribution in [3.63, 3.8) is 0 Å². The second-order valence-corrected chi connectivity index (χ2v) is 7.64. The van der Waals surface area contributed by atoms with E-state index in [-0.39, 0.29) is 18.0 Å². The maximum absolute atomic E-state index is 12.3. The molecule has 0 bridgehead atoms. The Labute approximate surface area is 150 Å². The molecule has 0 aromatic heterocycles. The largest absolute Gasteiger partial charge is 0.494 e. The fourth-order valence-corrected chi connectivity index (χ4v) is 3.29. The summed E-state index contributed by atoms with van der Waals surface area (Å²) in [5, 5.41) is 0. The molecule has 0 heterocycles. The molecule has 0 saturated heterocycles. The van der Waals surface area contributed by atoms with Crippen LogP contribution < -0.4 is 14.2 Å². The van der Waals surface area contributed by atoms with E-state index in [0.29, 0.717) is 18.3 Å². The standard InChI is InChI=1S/C19H25NO4S/c1-4-23-17-6-5-7-18(14-17)24-13-12-20-25(21,22)19-10-8-16(9-11-19)15(2)3/h5-11,14-15,20H,4,12-13H2,1-3H3. The third kappa shape index (κ3) is 5.76. The normalized spacial score (nSPS) is 11.5. The summed E-state index contributed by atoms with van der Waals surface area (Å²) in [4.78, 5) is 0.259. The summed E-state index contributed by atoms with van der Waals surface area (Å²) in [7, 11) is -3.53. The Morgan fingerprint density at radius 3 is 2.24 bits per heavy atom. The quantitative estimate of drug-likeness (QED) is 0.692. The summed E-state index contributed by atoms with van der Waals surface area (Å²) in [6.07, 6.45) is 0. The molecule has 0 radical (unpaired) electrons. The molecule has 0 unspecified atom stereocenters. The molecule has 136 valence electrons. The van der Waals surface area contributed by atoms with E-state index in [1.165, 1.54) is 0 Å². The number of nitrogens with one attached hydrogen (secondary N) is 1. The van der Waals surface area contributed by atoms with Gasteiger partial charge in [0.05, 0.1) is 11.5 Å². The number of hydrogen-bond acceptors (Lipinski definition) is 4. The van der Waals surface area contributed by atoms with Crippen LogP contribution in [0.2, 0.25) is 0 Å². The molecule has 2 rings (SSSR count). The second-order valence-electron chi connectivity index (χ2n) is 5.88. The minimum absolute atomic E-state index is 0.188. The van der Waals surface area contributed by atoms with E-state index in [9.17, 15) is 8.42 Å². The van der Waals surface area contributed by atoms with Crippen molar-refractivity contribution in [3.8, 4) is 11.5 Å². The van der Waals surface area contributed by atoms with Gasteiger partial charge in [-0.15, -0.1) is 0 Å². The molecule has 0 aliphatic heterocycles. The highest BCUT2D eigenvalue weighted by Gasteiger charge is 2.13. The third-order valence-electron chi connectivity index (χ3n) is 3.64. The Morgan fingerprint density at radius 2 is 1.64 bits per heavy atom. The number of ether oxygens (including phenoxy) is 2. The van der Waals surface area contributed by atoms with Crippen LogP contribution in [0.3, 0.4) is 0 Å². The van der Waals surface area contributed by atoms with Gasteiger partial charge in [-0.05, 0) is 42.7 Å². The van der Waals surface area contributed by atoms with Crippen molar-refractivity contribution in [3.05, 3.63) is 54.1 Å². The highest BCUT2D eigenvalue weighted by Crippen LogP contribution is 2.19. The molecule has 0 amide bonds. The monoisotopic (exact) mass is 363 g/mol. The van der Waals surface area contributed by atoms with E-state index in [4.69, 9.17) is 9.47 Å². The summed E-state index contributed by atoms with van der Waals surface area (Å²) in [5.41, 5.74) is 1.11. The summed E-state index contributed by atoms with van der Waals surface area (Å²) in [5.74, 6) is 1.74. The van der Waals surface area contributed by atoms with Crippen LogP contribution in [0.4, 0.5) is 0 Å². The molecule has 2 aromatic rings. The summed E-state index contributed by atoms with van der Waals surface area (Å²) in [6.45, 7) is 7.06. The van der Waals surface area contributed by atoms with Gasteiger partial charge in [0.15, 0.2) is 0 Å². The van der Waals surface area contributed by atoms with E-state index in [1.54, 1.807) is 18.2 Å². The number of sulfonamides is 1. The van der Waals surface area contributed by atoms with E-state index in [0.717, 1.165) is 11.3 Å². The van der Waals surface area contributed by atoms with Crippen LogP contribution >= 0.6 is 0 Å². The number of rotatable bonds is 9. The van der Waals surface area contributed by atoms with Crippen LogP contribution in [0.15, 0.2) is 53.4 Å². The maximum atomic E-state index is 12.3. The topological polar surface area (TPSA) is 64.6 Å². The van der Waals surface area contributed by atoms with Gasteiger partial charge in [-0.3, -0.25) is 0 Å². The van der Waals surface area contributed by atoms with Gasteiger partial charge >= 0.3 is 0 Å². The average Bonchev–Trinajstić information content (AvgIpc) is 2.59. The minimum Gasteiger partial charge on any atom is -0.494 e. The molecular formula is C19H25NO4S. The highest BCUT2D eigenvalue weighted by molar-refractivity contribution is 7.89. The van der Waals surface area contributed by atoms with Gasteiger partial charge in [0.2, 0.25) is 10.0 Å². The third-order valence-corrected chi connectivity index (χ3v) is 5.11. The van der Waals surface area contributed by atoms with Gasteiger partial charge in [-0.2, -0.15) is 0 Å². The van der Waals surface area contributed by atoms with Crippen molar-refractivity contribution in [1.29, 1.82) is 0 Å². The average molecular weight is 363 g/mol. The van der Waals surface area contributed by atoms with Crippen molar-refractivity contribution in [2.75, 3.05) is 19.8 Å². The molecular weight excluding hydrogens is 338 g/mol. The molecule has 0 aliphatic rings. The molecule has 0 fully saturated rings. The number of benzene rings is 2. The van der Waals surface area contributed by atoms with Gasteiger partial charge in [0.25, 0.3) is 0 Å². The maximum Gasteiger partial charge on any atom is 0.240 e. The fraction of sp³-hybridized carbons (Fsp3) is 0.368. The van der Waals surface area contributed by atoms with E-state index < -0.39 is 10.0 Å². The first-order valence-corrected chi connectivity index (χ1v) is 9.86. The molecule has 5 nitrogen and oxygen atoms in total.